The van der Waals surface area contributed by atoms with Crippen LogP contribution in [-0.4, -0.2) is 11.9 Å². The molecule has 1 aromatic heterocycles. The van der Waals surface area contributed by atoms with Crippen molar-refractivity contribution in [2.45, 2.75) is 25.4 Å². The van der Waals surface area contributed by atoms with Gasteiger partial charge in [-0.25, -0.2) is 0 Å². The van der Waals surface area contributed by atoms with Crippen molar-refractivity contribution in [1.82, 2.24) is 0 Å². The van der Waals surface area contributed by atoms with Gasteiger partial charge in [0.1, 0.15) is 5.76 Å². The lowest BCUT2D eigenvalue weighted by molar-refractivity contribution is 0.100. The van der Waals surface area contributed by atoms with Crippen LogP contribution in [0.1, 0.15) is 29.0 Å². The molecule has 0 radical (unpaired) electrons. The molecule has 0 saturated heterocycles. The Hall–Kier alpha value is -2.43. The highest BCUT2D eigenvalue weighted by Gasteiger charge is 2.31. The van der Waals surface area contributed by atoms with E-state index in [1.54, 1.807) is 18.4 Å². The second kappa shape index (κ2) is 4.92. The summed E-state index contributed by atoms with van der Waals surface area (Å²) in [5, 5.41) is 0. The van der Waals surface area contributed by atoms with E-state index in [4.69, 9.17) is 15.9 Å². The van der Waals surface area contributed by atoms with Crippen molar-refractivity contribution >= 4 is 17.3 Å². The minimum absolute atomic E-state index is 0.432. The van der Waals surface area contributed by atoms with E-state index in [-0.39, 0.29) is 0 Å². The van der Waals surface area contributed by atoms with E-state index in [9.17, 15) is 4.79 Å². The predicted octanol–water partition coefficient (Wildman–Crippen LogP) is 2.13. The number of carbonyl (C=O) groups is 1. The van der Waals surface area contributed by atoms with Gasteiger partial charge in [0.15, 0.2) is 0 Å². The minimum Gasteiger partial charge on any atom is -0.467 e. The molecule has 1 amide bonds. The minimum atomic E-state index is -0.461. The van der Waals surface area contributed by atoms with E-state index in [0.717, 1.165) is 24.3 Å². The summed E-state index contributed by atoms with van der Waals surface area (Å²) in [5.41, 5.74) is 13.0. The molecule has 3 rings (SSSR count). The number of rotatable bonds is 5. The van der Waals surface area contributed by atoms with E-state index in [1.165, 1.54) is 0 Å². The molecule has 0 bridgehead atoms. The van der Waals surface area contributed by atoms with Gasteiger partial charge in [0, 0.05) is 11.7 Å². The predicted molar refractivity (Wildman–Crippen MR) is 77.3 cm³/mol. The molecule has 1 aliphatic carbocycles. The maximum atomic E-state index is 11.6. The van der Waals surface area contributed by atoms with Crippen molar-refractivity contribution in [3.63, 3.8) is 0 Å². The van der Waals surface area contributed by atoms with Gasteiger partial charge in [-0.05, 0) is 43.2 Å². The summed E-state index contributed by atoms with van der Waals surface area (Å²) in [5.74, 6) is 0.404. The van der Waals surface area contributed by atoms with Crippen LogP contribution in [0.15, 0.2) is 41.0 Å². The van der Waals surface area contributed by atoms with Crippen LogP contribution in [0.4, 0.5) is 11.4 Å². The van der Waals surface area contributed by atoms with Crippen LogP contribution in [0, 0.1) is 0 Å². The Morgan fingerprint density at radius 3 is 2.75 bits per heavy atom. The summed E-state index contributed by atoms with van der Waals surface area (Å²) in [4.78, 5) is 13.8. The first-order valence-electron chi connectivity index (χ1n) is 6.63. The fourth-order valence-electron chi connectivity index (χ4n) is 2.37. The third-order valence-electron chi connectivity index (χ3n) is 3.49. The Balaban J connectivity index is 1.97. The fourth-order valence-corrected chi connectivity index (χ4v) is 2.37. The maximum Gasteiger partial charge on any atom is 0.250 e. The normalized spacial score (nSPS) is 14.2. The van der Waals surface area contributed by atoms with Gasteiger partial charge in [0.05, 0.1) is 24.1 Å². The second-order valence-corrected chi connectivity index (χ2v) is 5.08. The highest BCUT2D eigenvalue weighted by molar-refractivity contribution is 5.99. The van der Waals surface area contributed by atoms with Crippen LogP contribution in [0.2, 0.25) is 0 Å². The fraction of sp³-hybridized carbons (Fsp3) is 0.267. The number of nitrogen functional groups attached to an aromatic ring is 1. The van der Waals surface area contributed by atoms with Crippen LogP contribution in [0.3, 0.4) is 0 Å². The zero-order valence-corrected chi connectivity index (χ0v) is 11.1. The van der Waals surface area contributed by atoms with Crippen LogP contribution >= 0.6 is 0 Å². The van der Waals surface area contributed by atoms with Crippen molar-refractivity contribution < 1.29 is 9.21 Å². The molecule has 1 aliphatic rings. The van der Waals surface area contributed by atoms with Crippen LogP contribution in [-0.2, 0) is 6.54 Å². The Kier molecular flexibility index (Phi) is 3.10. The molecule has 0 aliphatic heterocycles. The number of benzene rings is 1. The molecule has 104 valence electrons. The standard InChI is InChI=1S/C15H17N3O2/c16-10-3-6-14(13(8-10)15(17)19)18(11-4-5-11)9-12-2-1-7-20-12/h1-3,6-8,11H,4-5,9,16H2,(H2,17,19). The lowest BCUT2D eigenvalue weighted by Gasteiger charge is -2.25. The zero-order chi connectivity index (χ0) is 14.1. The molecule has 4 N–H and O–H groups in total. The average molecular weight is 271 g/mol. The molecule has 1 saturated carbocycles. The molecule has 20 heavy (non-hydrogen) atoms. The van der Waals surface area contributed by atoms with E-state index in [1.807, 2.05) is 18.2 Å². The number of furan rings is 1. The Morgan fingerprint density at radius 1 is 1.35 bits per heavy atom. The van der Waals surface area contributed by atoms with Gasteiger partial charge >= 0.3 is 0 Å². The van der Waals surface area contributed by atoms with Crippen molar-refractivity contribution in [2.75, 3.05) is 10.6 Å². The Morgan fingerprint density at radius 2 is 2.15 bits per heavy atom. The summed E-state index contributed by atoms with van der Waals surface area (Å²) in [6.07, 6.45) is 3.88. The molecular weight excluding hydrogens is 254 g/mol. The number of nitrogens with zero attached hydrogens (tertiary/aromatic N) is 1. The number of primary amides is 1. The summed E-state index contributed by atoms with van der Waals surface area (Å²) < 4.78 is 5.40. The zero-order valence-electron chi connectivity index (χ0n) is 11.1. The van der Waals surface area contributed by atoms with E-state index >= 15 is 0 Å². The highest BCUT2D eigenvalue weighted by Crippen LogP contribution is 2.35. The summed E-state index contributed by atoms with van der Waals surface area (Å²) in [6.45, 7) is 0.627. The molecule has 2 aromatic rings. The van der Waals surface area contributed by atoms with Crippen LogP contribution in [0.25, 0.3) is 0 Å². The first kappa shape index (κ1) is 12.6. The molecule has 1 heterocycles. The van der Waals surface area contributed by atoms with Gasteiger partial charge in [-0.1, -0.05) is 0 Å². The average Bonchev–Trinajstić information content (AvgIpc) is 3.13. The number of carbonyl (C=O) groups excluding carboxylic acids is 1. The lowest BCUT2D eigenvalue weighted by Crippen LogP contribution is -2.28. The molecule has 5 nitrogen and oxygen atoms in total. The monoisotopic (exact) mass is 271 g/mol. The largest absolute Gasteiger partial charge is 0.467 e. The second-order valence-electron chi connectivity index (χ2n) is 5.08. The van der Waals surface area contributed by atoms with Gasteiger partial charge < -0.3 is 20.8 Å². The van der Waals surface area contributed by atoms with Gasteiger partial charge in [0.25, 0.3) is 5.91 Å². The lowest BCUT2D eigenvalue weighted by atomic mass is 10.1. The smallest absolute Gasteiger partial charge is 0.250 e. The van der Waals surface area contributed by atoms with Gasteiger partial charge in [-0.15, -0.1) is 0 Å². The topological polar surface area (TPSA) is 85.5 Å². The number of hydrogen-bond acceptors (Lipinski definition) is 4. The van der Waals surface area contributed by atoms with E-state index in [0.29, 0.717) is 23.8 Å². The quantitative estimate of drug-likeness (QED) is 0.816. The number of amides is 1. The van der Waals surface area contributed by atoms with Crippen LogP contribution < -0.4 is 16.4 Å². The highest BCUT2D eigenvalue weighted by atomic mass is 16.3. The van der Waals surface area contributed by atoms with Gasteiger partial charge in [-0.2, -0.15) is 0 Å². The third-order valence-corrected chi connectivity index (χ3v) is 3.49. The number of hydrogen-bond donors (Lipinski definition) is 2. The maximum absolute atomic E-state index is 11.6. The summed E-state index contributed by atoms with van der Waals surface area (Å²) in [6, 6.07) is 9.50. The molecule has 0 atom stereocenters. The molecule has 1 aromatic carbocycles. The number of nitrogens with two attached hydrogens (primary N) is 2. The van der Waals surface area contributed by atoms with Crippen molar-refractivity contribution in [3.05, 3.63) is 47.9 Å². The van der Waals surface area contributed by atoms with Crippen molar-refractivity contribution in [2.24, 2.45) is 5.73 Å². The molecule has 0 unspecified atom stereocenters. The van der Waals surface area contributed by atoms with Crippen molar-refractivity contribution in [1.29, 1.82) is 0 Å². The third kappa shape index (κ3) is 2.47. The summed E-state index contributed by atoms with van der Waals surface area (Å²) >= 11 is 0. The van der Waals surface area contributed by atoms with Crippen molar-refractivity contribution in [3.8, 4) is 0 Å². The van der Waals surface area contributed by atoms with Gasteiger partial charge in [0.2, 0.25) is 0 Å². The van der Waals surface area contributed by atoms with E-state index in [2.05, 4.69) is 4.90 Å². The van der Waals surface area contributed by atoms with E-state index < -0.39 is 5.91 Å². The molecule has 0 spiro atoms. The Bertz CT molecular complexity index is 618. The first-order chi connectivity index (χ1) is 9.65. The van der Waals surface area contributed by atoms with Gasteiger partial charge in [-0.3, -0.25) is 4.79 Å². The first-order valence-corrected chi connectivity index (χ1v) is 6.63. The number of anilines is 2. The van der Waals surface area contributed by atoms with Crippen LogP contribution in [0.5, 0.6) is 0 Å². The summed E-state index contributed by atoms with van der Waals surface area (Å²) in [7, 11) is 0. The molecule has 1 fully saturated rings. The Labute approximate surface area is 117 Å². The SMILES string of the molecule is NC(=O)c1cc(N)ccc1N(Cc1ccco1)C1CC1. The molecular formula is C15H17N3O2. The molecule has 5 heteroatoms.